The van der Waals surface area contributed by atoms with E-state index in [4.69, 9.17) is 4.74 Å². The van der Waals surface area contributed by atoms with Gasteiger partial charge in [0.25, 0.3) is 0 Å². The lowest BCUT2D eigenvalue weighted by Gasteiger charge is -2.26. The van der Waals surface area contributed by atoms with Crippen molar-refractivity contribution < 1.29 is 9.53 Å². The van der Waals surface area contributed by atoms with Gasteiger partial charge in [-0.1, -0.05) is 47.3 Å². The zero-order valence-electron chi connectivity index (χ0n) is 14.7. The molecule has 0 radical (unpaired) electrons. The zero-order chi connectivity index (χ0) is 18.8. The topological polar surface area (TPSA) is 63.0 Å². The largest absolute Gasteiger partial charge is 0.452 e. The molecule has 4 nitrogen and oxygen atoms in total. The number of ether oxygens (including phenoxy) is 1. The quantitative estimate of drug-likeness (QED) is 0.463. The van der Waals surface area contributed by atoms with Gasteiger partial charge in [0, 0.05) is 9.86 Å². The average molecular weight is 443 g/mol. The van der Waals surface area contributed by atoms with Gasteiger partial charge in [-0.25, -0.2) is 4.98 Å². The molecule has 0 unspecified atom stereocenters. The van der Waals surface area contributed by atoms with Crippen molar-refractivity contribution in [3.05, 3.63) is 56.5 Å². The fraction of sp³-hybridized carbons (Fsp3) is 0.381. The molecule has 27 heavy (non-hydrogen) atoms. The molecular weight excluding hydrogens is 424 g/mol. The second-order valence-electron chi connectivity index (χ2n) is 7.06. The van der Waals surface area contributed by atoms with Crippen LogP contribution in [0.2, 0.25) is 0 Å². The minimum Gasteiger partial charge on any atom is -0.452 e. The Morgan fingerprint density at radius 2 is 2.19 bits per heavy atom. The lowest BCUT2D eigenvalue weighted by Crippen LogP contribution is -2.28. The van der Waals surface area contributed by atoms with E-state index in [9.17, 15) is 10.1 Å². The standard InChI is InChI=1S/C21H19BrN2O2S/c22-16-6-7-19-14(9-16)10-17(21(25)26-19)18-12-27-20(24-18)15(11-23)8-13-4-2-1-3-5-13/h6-10,12-13,17,19H,1-5H2/b15-8+/t17-,19-/m0/s1. The normalized spacial score (nSPS) is 25.9. The van der Waals surface area contributed by atoms with Crippen molar-refractivity contribution in [2.45, 2.75) is 44.1 Å². The van der Waals surface area contributed by atoms with Crippen LogP contribution in [0.15, 0.2) is 45.8 Å². The van der Waals surface area contributed by atoms with Crippen molar-refractivity contribution in [2.24, 2.45) is 5.92 Å². The van der Waals surface area contributed by atoms with Gasteiger partial charge in [-0.3, -0.25) is 4.79 Å². The molecule has 1 aromatic heterocycles. The summed E-state index contributed by atoms with van der Waals surface area (Å²) >= 11 is 4.88. The fourth-order valence-electron chi connectivity index (χ4n) is 3.74. The van der Waals surface area contributed by atoms with Gasteiger partial charge in [-0.05, 0) is 42.6 Å². The van der Waals surface area contributed by atoms with Crippen molar-refractivity contribution in [3.8, 4) is 6.07 Å². The van der Waals surface area contributed by atoms with Crippen LogP contribution >= 0.6 is 27.3 Å². The summed E-state index contributed by atoms with van der Waals surface area (Å²) in [5.74, 6) is -0.370. The number of halogens is 1. The van der Waals surface area contributed by atoms with E-state index in [1.807, 2.05) is 29.7 Å². The fourth-order valence-corrected chi connectivity index (χ4v) is 4.99. The number of nitrogens with zero attached hydrogens (tertiary/aromatic N) is 2. The van der Waals surface area contributed by atoms with Crippen molar-refractivity contribution in [3.63, 3.8) is 0 Å². The predicted molar refractivity (Wildman–Crippen MR) is 109 cm³/mol. The molecule has 2 atom stereocenters. The molecule has 2 aliphatic carbocycles. The Morgan fingerprint density at radius 3 is 2.96 bits per heavy atom. The van der Waals surface area contributed by atoms with E-state index in [0.717, 1.165) is 22.9 Å². The summed E-state index contributed by atoms with van der Waals surface area (Å²) in [7, 11) is 0. The van der Waals surface area contributed by atoms with Crippen LogP contribution in [0.3, 0.4) is 0 Å². The van der Waals surface area contributed by atoms with Gasteiger partial charge in [0.15, 0.2) is 0 Å². The molecule has 0 saturated heterocycles. The van der Waals surface area contributed by atoms with E-state index in [1.54, 1.807) is 0 Å². The van der Waals surface area contributed by atoms with E-state index in [2.05, 4.69) is 33.1 Å². The number of allylic oxidation sites excluding steroid dienone is 4. The van der Waals surface area contributed by atoms with Crippen LogP contribution < -0.4 is 0 Å². The van der Waals surface area contributed by atoms with Gasteiger partial charge in [-0.2, -0.15) is 5.26 Å². The maximum absolute atomic E-state index is 12.4. The molecule has 0 spiro atoms. The maximum Gasteiger partial charge on any atom is 0.319 e. The number of carbonyl (C=O) groups is 1. The molecule has 0 N–H and O–H groups in total. The third kappa shape index (κ3) is 3.99. The lowest BCUT2D eigenvalue weighted by atomic mass is 9.88. The molecule has 1 saturated carbocycles. The number of aromatic nitrogens is 1. The Morgan fingerprint density at radius 1 is 1.37 bits per heavy atom. The lowest BCUT2D eigenvalue weighted by molar-refractivity contribution is -0.147. The van der Waals surface area contributed by atoms with Crippen LogP contribution in [0.5, 0.6) is 0 Å². The number of nitriles is 1. The number of thiazole rings is 1. The van der Waals surface area contributed by atoms with E-state index in [0.29, 0.717) is 22.2 Å². The van der Waals surface area contributed by atoms with Gasteiger partial charge in [0.05, 0.1) is 11.3 Å². The van der Waals surface area contributed by atoms with Crippen LogP contribution in [0, 0.1) is 17.2 Å². The first kappa shape index (κ1) is 18.4. The summed E-state index contributed by atoms with van der Waals surface area (Å²) in [6.45, 7) is 0. The molecule has 0 bridgehead atoms. The second kappa shape index (κ2) is 7.95. The number of hydrogen-bond donors (Lipinski definition) is 0. The monoisotopic (exact) mass is 442 g/mol. The third-order valence-corrected chi connectivity index (χ3v) is 6.55. The molecule has 0 aromatic carbocycles. The smallest absolute Gasteiger partial charge is 0.319 e. The number of carbonyl (C=O) groups excluding carboxylic acids is 1. The van der Waals surface area contributed by atoms with Gasteiger partial charge in [0.1, 0.15) is 23.1 Å². The van der Waals surface area contributed by atoms with Gasteiger partial charge in [-0.15, -0.1) is 11.3 Å². The average Bonchev–Trinajstić information content (AvgIpc) is 3.16. The molecule has 2 heterocycles. The van der Waals surface area contributed by atoms with Crippen LogP contribution in [-0.2, 0) is 9.53 Å². The molecule has 138 valence electrons. The maximum atomic E-state index is 12.4. The van der Waals surface area contributed by atoms with Crippen molar-refractivity contribution in [1.82, 2.24) is 4.98 Å². The third-order valence-electron chi connectivity index (χ3n) is 5.16. The van der Waals surface area contributed by atoms with Crippen molar-refractivity contribution >= 4 is 38.8 Å². The van der Waals surface area contributed by atoms with Crippen molar-refractivity contribution in [1.29, 1.82) is 5.26 Å². The van der Waals surface area contributed by atoms with Crippen molar-refractivity contribution in [2.75, 3.05) is 0 Å². The van der Waals surface area contributed by atoms with E-state index < -0.39 is 5.92 Å². The van der Waals surface area contributed by atoms with E-state index in [-0.39, 0.29) is 12.1 Å². The highest BCUT2D eigenvalue weighted by atomic mass is 79.9. The van der Waals surface area contributed by atoms with E-state index in [1.165, 1.54) is 30.6 Å². The van der Waals surface area contributed by atoms with Crippen LogP contribution in [0.1, 0.15) is 48.7 Å². The number of fused-ring (bicyclic) bond motifs is 1. The summed E-state index contributed by atoms with van der Waals surface area (Å²) in [6, 6.07) is 2.30. The van der Waals surface area contributed by atoms with E-state index >= 15 is 0 Å². The molecular formula is C21H19BrN2O2S. The first-order chi connectivity index (χ1) is 13.1. The zero-order valence-corrected chi connectivity index (χ0v) is 17.1. The number of rotatable bonds is 3. The molecule has 6 heteroatoms. The highest BCUT2D eigenvalue weighted by Crippen LogP contribution is 2.35. The van der Waals surface area contributed by atoms with Crippen LogP contribution in [0.25, 0.3) is 5.57 Å². The van der Waals surface area contributed by atoms with Gasteiger partial charge < -0.3 is 4.74 Å². The molecule has 4 rings (SSSR count). The molecule has 3 aliphatic rings. The summed E-state index contributed by atoms with van der Waals surface area (Å²) < 4.78 is 6.50. The second-order valence-corrected chi connectivity index (χ2v) is 8.83. The first-order valence-corrected chi connectivity index (χ1v) is 10.9. The Bertz CT molecular complexity index is 913. The number of hydrogen-bond acceptors (Lipinski definition) is 5. The van der Waals surface area contributed by atoms with Gasteiger partial charge in [0.2, 0.25) is 0 Å². The van der Waals surface area contributed by atoms with Crippen LogP contribution in [0.4, 0.5) is 0 Å². The highest BCUT2D eigenvalue weighted by Gasteiger charge is 2.32. The minimum absolute atomic E-state index is 0.300. The Labute approximate surface area is 171 Å². The molecule has 1 aromatic rings. The number of esters is 1. The SMILES string of the molecule is N#C/C(=C\C1CCCCC1)c1nc([C@@H]2C=C3C=C(Br)C=C[C@@H]3OC2=O)cs1. The summed E-state index contributed by atoms with van der Waals surface area (Å²) in [5.41, 5.74) is 2.22. The minimum atomic E-state index is -0.529. The van der Waals surface area contributed by atoms with Gasteiger partial charge >= 0.3 is 5.97 Å². The van der Waals surface area contributed by atoms with Crippen LogP contribution in [-0.4, -0.2) is 17.1 Å². The molecule has 1 fully saturated rings. The molecule has 1 aliphatic heterocycles. The summed E-state index contributed by atoms with van der Waals surface area (Å²) in [4.78, 5) is 17.1. The Kier molecular flexibility index (Phi) is 5.42. The highest BCUT2D eigenvalue weighted by molar-refractivity contribution is 9.11. The molecule has 0 amide bonds. The summed E-state index contributed by atoms with van der Waals surface area (Å²) in [6.07, 6.45) is 15.4. The Balaban J connectivity index is 1.59. The Hall–Kier alpha value is -1.97. The summed E-state index contributed by atoms with van der Waals surface area (Å²) in [5, 5.41) is 12.1. The predicted octanol–water partition coefficient (Wildman–Crippen LogP) is 5.41. The first-order valence-electron chi connectivity index (χ1n) is 9.19.